The van der Waals surface area contributed by atoms with Gasteiger partial charge in [-0.1, -0.05) is 99.7 Å². The van der Waals surface area contributed by atoms with Crippen molar-refractivity contribution < 1.29 is 57.2 Å². The number of nitrogens with one attached hydrogen (secondary N) is 1. The molecule has 368 valence electrons. The molecule has 4 aromatic rings. The Kier molecular flexibility index (Phi) is 16.9. The molecule has 14 nitrogen and oxygen atoms in total. The zero-order chi connectivity index (χ0) is 49.7. The number of pyridine rings is 1. The lowest BCUT2D eigenvalue weighted by Crippen LogP contribution is -2.55. The van der Waals surface area contributed by atoms with Crippen molar-refractivity contribution in [1.29, 1.82) is 0 Å². The third-order valence-corrected chi connectivity index (χ3v) is 15.9. The number of ether oxygens (including phenoxy) is 6. The van der Waals surface area contributed by atoms with Crippen LogP contribution < -0.4 is 5.32 Å². The maximum Gasteiger partial charge on any atom is 0.303 e. The molecule has 2 aliphatic heterocycles. The Bertz CT molecular complexity index is 2570. The first-order valence-corrected chi connectivity index (χ1v) is 25.4. The largest absolute Gasteiger partial charge is 0.463 e. The highest BCUT2D eigenvalue weighted by Crippen LogP contribution is 2.49. The van der Waals surface area contributed by atoms with Crippen LogP contribution in [0.1, 0.15) is 126 Å². The number of para-hydroxylation sites is 1. The van der Waals surface area contributed by atoms with Crippen molar-refractivity contribution in [3.05, 3.63) is 101 Å². The number of benzene rings is 3. The maximum absolute atomic E-state index is 15.6. The summed E-state index contributed by atoms with van der Waals surface area (Å²) in [6, 6.07) is 21.5. The number of carbonyl (C=O) groups excluding carboxylic acids is 6. The lowest BCUT2D eigenvalue weighted by atomic mass is 9.76. The van der Waals surface area contributed by atoms with Gasteiger partial charge in [-0.2, -0.15) is 0 Å². The summed E-state index contributed by atoms with van der Waals surface area (Å²) in [4.78, 5) is 83.9. The van der Waals surface area contributed by atoms with Gasteiger partial charge in [0.2, 0.25) is 5.91 Å². The Labute approximate surface area is 412 Å². The molecule has 0 radical (unpaired) electrons. The van der Waals surface area contributed by atoms with Crippen LogP contribution in [0.15, 0.2) is 82.7 Å². The van der Waals surface area contributed by atoms with E-state index in [2.05, 4.69) is 16.4 Å². The number of hydrogen-bond acceptors (Lipinski definition) is 15. The Balaban J connectivity index is 1.44. The van der Waals surface area contributed by atoms with Crippen LogP contribution in [0.25, 0.3) is 10.9 Å². The minimum absolute atomic E-state index is 0.0237. The average Bonchev–Trinajstić information content (AvgIpc) is 3.30. The maximum atomic E-state index is 15.6. The number of esters is 4. The molecule has 7 rings (SSSR count). The molecule has 1 aliphatic carbocycles. The number of amides is 1. The number of thioether (sulfide) groups is 2. The molecule has 1 amide bonds. The van der Waals surface area contributed by atoms with Gasteiger partial charge >= 0.3 is 23.9 Å². The molecule has 0 bridgehead atoms. The van der Waals surface area contributed by atoms with Crippen LogP contribution in [-0.4, -0.2) is 88.6 Å². The van der Waals surface area contributed by atoms with E-state index in [-0.39, 0.29) is 54.4 Å². The van der Waals surface area contributed by atoms with Gasteiger partial charge in [0.25, 0.3) is 0 Å². The second-order valence-electron chi connectivity index (χ2n) is 18.3. The third kappa shape index (κ3) is 12.0. The fourth-order valence-electron chi connectivity index (χ4n) is 10.0. The number of carbonyl (C=O) groups is 6. The van der Waals surface area contributed by atoms with E-state index in [1.54, 1.807) is 6.20 Å². The van der Waals surface area contributed by atoms with Crippen LogP contribution in [0.5, 0.6) is 0 Å². The van der Waals surface area contributed by atoms with Crippen molar-refractivity contribution in [3.63, 3.8) is 0 Å². The van der Waals surface area contributed by atoms with Crippen LogP contribution >= 0.6 is 23.5 Å². The molecule has 3 aromatic carbocycles. The van der Waals surface area contributed by atoms with Gasteiger partial charge in [-0.25, -0.2) is 0 Å². The molecule has 5 unspecified atom stereocenters. The molecule has 16 heteroatoms. The molecule has 0 spiro atoms. The Morgan fingerprint density at radius 1 is 0.681 bits per heavy atom. The summed E-state index contributed by atoms with van der Waals surface area (Å²) < 4.78 is 36.8. The summed E-state index contributed by atoms with van der Waals surface area (Å²) in [5.41, 5.74) is 3.15. The smallest absolute Gasteiger partial charge is 0.303 e. The number of nitrogens with zero attached hydrogens (tertiary/aromatic N) is 1. The second-order valence-corrected chi connectivity index (χ2v) is 20.6. The van der Waals surface area contributed by atoms with E-state index in [9.17, 15) is 24.0 Å². The first-order chi connectivity index (χ1) is 32.9. The van der Waals surface area contributed by atoms with Gasteiger partial charge in [0.15, 0.2) is 11.9 Å². The molecule has 3 heterocycles. The molecule has 2 fully saturated rings. The summed E-state index contributed by atoms with van der Waals surface area (Å²) >= 11 is 2.62. The van der Waals surface area contributed by atoms with Crippen molar-refractivity contribution in [2.75, 3.05) is 6.61 Å². The van der Waals surface area contributed by atoms with Gasteiger partial charge in [0, 0.05) is 85.7 Å². The number of rotatable bonds is 15. The molecular formula is C53H62N2O12S2. The first-order valence-electron chi connectivity index (χ1n) is 23.6. The first kappa shape index (κ1) is 51.6. The molecular weight excluding hydrogens is 921 g/mol. The summed E-state index contributed by atoms with van der Waals surface area (Å²) in [5, 5.41) is 4.01. The Morgan fingerprint density at radius 3 is 1.96 bits per heavy atom. The van der Waals surface area contributed by atoms with Crippen LogP contribution in [-0.2, 0) is 58.8 Å². The SMILES string of the molecule is CCC1O[C@@H](Sc2cc(C3CC[C@@H](NC(C)=O)c4ccccc43)cc(S[C@@H]3OC(COC(C)=O)[C@@H](OC(C)=O)[C@H](C)C3C)c2C(=O)Cc2cccc3cccnc23)C(OC(C)=O)[C@@H](OC(C)=O)[C@@H]1C. The monoisotopic (exact) mass is 982 g/mol. The van der Waals surface area contributed by atoms with E-state index in [0.717, 1.165) is 27.6 Å². The van der Waals surface area contributed by atoms with E-state index >= 15 is 4.79 Å². The average molecular weight is 983 g/mol. The van der Waals surface area contributed by atoms with Gasteiger partial charge in [0.05, 0.1) is 17.7 Å². The number of hydrogen-bond donors (Lipinski definition) is 1. The minimum atomic E-state index is -1.05. The number of Topliss-reactive ketones (excluding diaryl/α,β-unsaturated/α-hetero) is 1. The van der Waals surface area contributed by atoms with Gasteiger partial charge in [-0.05, 0) is 65.6 Å². The standard InChI is InChI=1S/C53H62N2O12S2/c1-10-43-29(4)50(64-33(8)59)51(65-34(9)60)53(66-43)69-46-25-37(38-20-21-41(55-30(5)56)40-19-12-11-18-39(38)40)24-45(47(46)42(61)23-36-16-13-15-35-17-14-22-54-48(35)36)68-52-28(3)27(2)49(63-32(7)58)44(67-52)26-62-31(6)57/h11-19,22,24-25,27-29,38,41,43-44,49-53H,10,20-21,23,26H2,1-9H3,(H,55,56)/t27-,28?,29-,38?,41-,43?,44?,49+,50+,51?,52+,53+/m1/s1. The van der Waals surface area contributed by atoms with Gasteiger partial charge < -0.3 is 33.7 Å². The summed E-state index contributed by atoms with van der Waals surface area (Å²) in [6.07, 6.45) is -0.284. The molecule has 1 aromatic heterocycles. The Hall–Kier alpha value is -5.29. The summed E-state index contributed by atoms with van der Waals surface area (Å²) in [5.74, 6) is -3.50. The minimum Gasteiger partial charge on any atom is -0.463 e. The lowest BCUT2D eigenvalue weighted by Gasteiger charge is -2.44. The van der Waals surface area contributed by atoms with Crippen molar-refractivity contribution in [2.45, 2.75) is 151 Å². The molecule has 69 heavy (non-hydrogen) atoms. The van der Waals surface area contributed by atoms with E-state index in [1.165, 1.54) is 58.1 Å². The molecule has 2 saturated heterocycles. The van der Waals surface area contributed by atoms with Crippen molar-refractivity contribution in [1.82, 2.24) is 10.3 Å². The quantitative estimate of drug-likeness (QED) is 0.0676. The molecule has 0 saturated carbocycles. The lowest BCUT2D eigenvalue weighted by molar-refractivity contribution is -0.207. The second kappa shape index (κ2) is 22.6. The molecule has 12 atom stereocenters. The summed E-state index contributed by atoms with van der Waals surface area (Å²) in [7, 11) is 0. The zero-order valence-electron chi connectivity index (χ0n) is 40.6. The van der Waals surface area contributed by atoms with Gasteiger partial charge in [-0.3, -0.25) is 33.8 Å². The highest BCUT2D eigenvalue weighted by Gasteiger charge is 2.49. The zero-order valence-corrected chi connectivity index (χ0v) is 42.2. The van der Waals surface area contributed by atoms with Crippen LogP contribution in [0.3, 0.4) is 0 Å². The highest BCUT2D eigenvalue weighted by atomic mass is 32.2. The van der Waals surface area contributed by atoms with Gasteiger partial charge in [-0.15, -0.1) is 0 Å². The van der Waals surface area contributed by atoms with Crippen molar-refractivity contribution >= 4 is 70.0 Å². The molecule has 1 N–H and O–H groups in total. The van der Waals surface area contributed by atoms with Crippen LogP contribution in [0.4, 0.5) is 0 Å². The van der Waals surface area contributed by atoms with Crippen LogP contribution in [0.2, 0.25) is 0 Å². The Morgan fingerprint density at radius 2 is 1.30 bits per heavy atom. The van der Waals surface area contributed by atoms with E-state index in [1.807, 2.05) is 88.4 Å². The number of fused-ring (bicyclic) bond motifs is 2. The van der Waals surface area contributed by atoms with Crippen molar-refractivity contribution in [3.8, 4) is 0 Å². The van der Waals surface area contributed by atoms with Crippen LogP contribution in [0, 0.1) is 17.8 Å². The normalized spacial score (nSPS) is 27.6. The number of ketones is 1. The predicted molar refractivity (Wildman–Crippen MR) is 260 cm³/mol. The predicted octanol–water partition coefficient (Wildman–Crippen LogP) is 9.07. The van der Waals surface area contributed by atoms with E-state index in [4.69, 9.17) is 28.4 Å². The topological polar surface area (TPSA) is 183 Å². The van der Waals surface area contributed by atoms with E-state index in [0.29, 0.717) is 40.1 Å². The van der Waals surface area contributed by atoms with Gasteiger partial charge in [0.1, 0.15) is 35.8 Å². The van der Waals surface area contributed by atoms with E-state index < -0.39 is 65.3 Å². The third-order valence-electron chi connectivity index (χ3n) is 13.4. The molecule has 3 aliphatic rings. The fraction of sp³-hybridized carbons (Fsp3) is 0.491. The van der Waals surface area contributed by atoms with Crippen molar-refractivity contribution in [2.24, 2.45) is 17.8 Å². The summed E-state index contributed by atoms with van der Waals surface area (Å²) in [6.45, 7) is 14.5. The highest BCUT2D eigenvalue weighted by molar-refractivity contribution is 8.00. The fourth-order valence-corrected chi connectivity index (χ4v) is 12.9. The number of aromatic nitrogens is 1.